The summed E-state index contributed by atoms with van der Waals surface area (Å²) in [6.07, 6.45) is 1.49. The molecule has 1 aliphatic heterocycles. The van der Waals surface area contributed by atoms with E-state index in [1.54, 1.807) is 12.1 Å². The molecular weight excluding hydrogens is 367 g/mol. The minimum Gasteiger partial charge on any atom is -0.369 e. The van der Waals surface area contributed by atoms with Gasteiger partial charge in [0.25, 0.3) is 0 Å². The number of benzene rings is 2. The first-order chi connectivity index (χ1) is 14.2. The summed E-state index contributed by atoms with van der Waals surface area (Å²) >= 11 is 0. The highest BCUT2D eigenvalue weighted by atomic mass is 19.1. The summed E-state index contributed by atoms with van der Waals surface area (Å²) < 4.78 is 13.8. The maximum atomic E-state index is 13.8. The number of hydrogen-bond acceptors (Lipinski definition) is 6. The van der Waals surface area contributed by atoms with Gasteiger partial charge in [0.2, 0.25) is 0 Å². The molecule has 0 atom stereocenters. The molecule has 1 saturated heterocycles. The van der Waals surface area contributed by atoms with Crippen LogP contribution in [0.15, 0.2) is 60.9 Å². The lowest BCUT2D eigenvalue weighted by molar-refractivity contribution is 0.313. The average Bonchev–Trinajstić information content (AvgIpc) is 2.75. The highest BCUT2D eigenvalue weighted by Gasteiger charge is 2.14. The van der Waals surface area contributed by atoms with E-state index < -0.39 is 0 Å². The van der Waals surface area contributed by atoms with Gasteiger partial charge in [-0.2, -0.15) is 0 Å². The summed E-state index contributed by atoms with van der Waals surface area (Å²) in [4.78, 5) is 13.2. The van der Waals surface area contributed by atoms with Crippen molar-refractivity contribution >= 4 is 23.0 Å². The van der Waals surface area contributed by atoms with Crippen LogP contribution in [0.1, 0.15) is 5.56 Å². The van der Waals surface area contributed by atoms with Crippen molar-refractivity contribution in [2.45, 2.75) is 6.54 Å². The monoisotopic (exact) mass is 392 g/mol. The first kappa shape index (κ1) is 19.1. The standard InChI is InChI=1S/C22H25FN6/c1-28-10-12-29(13-11-28)19-8-6-18(7-9-19)27-22-14-21(25-16-26-22)24-15-17-4-2-3-5-20(17)23/h2-9,14,16H,10-13,15H2,1H3,(H2,24,25,26,27). The van der Waals surface area contributed by atoms with Gasteiger partial charge in [0.15, 0.2) is 0 Å². The highest BCUT2D eigenvalue weighted by Crippen LogP contribution is 2.22. The van der Waals surface area contributed by atoms with Gasteiger partial charge in [-0.3, -0.25) is 0 Å². The Hall–Kier alpha value is -3.19. The van der Waals surface area contributed by atoms with Gasteiger partial charge < -0.3 is 20.4 Å². The normalized spacial score (nSPS) is 14.6. The molecule has 150 valence electrons. The quantitative estimate of drug-likeness (QED) is 0.667. The van der Waals surface area contributed by atoms with Crippen LogP contribution >= 0.6 is 0 Å². The van der Waals surface area contributed by atoms with Gasteiger partial charge >= 0.3 is 0 Å². The van der Waals surface area contributed by atoms with Crippen LogP contribution in [0.5, 0.6) is 0 Å². The predicted octanol–water partition coefficient (Wildman–Crippen LogP) is 3.72. The summed E-state index contributed by atoms with van der Waals surface area (Å²) in [5.74, 6) is 1.09. The average molecular weight is 392 g/mol. The molecule has 1 aliphatic rings. The summed E-state index contributed by atoms with van der Waals surface area (Å²) in [5.41, 5.74) is 2.79. The maximum absolute atomic E-state index is 13.8. The van der Waals surface area contributed by atoms with E-state index in [-0.39, 0.29) is 5.82 Å². The molecule has 0 radical (unpaired) electrons. The second kappa shape index (κ2) is 8.87. The fraction of sp³-hybridized carbons (Fsp3) is 0.273. The maximum Gasteiger partial charge on any atom is 0.135 e. The number of aromatic nitrogens is 2. The van der Waals surface area contributed by atoms with E-state index in [4.69, 9.17) is 0 Å². The summed E-state index contributed by atoms with van der Waals surface area (Å²) in [5, 5.41) is 6.44. The predicted molar refractivity (Wildman–Crippen MR) is 115 cm³/mol. The minimum atomic E-state index is -0.229. The Balaban J connectivity index is 1.37. The van der Waals surface area contributed by atoms with Crippen LogP contribution in [0, 0.1) is 5.82 Å². The molecule has 0 bridgehead atoms. The largest absolute Gasteiger partial charge is 0.369 e. The van der Waals surface area contributed by atoms with Gasteiger partial charge in [-0.1, -0.05) is 18.2 Å². The zero-order valence-electron chi connectivity index (χ0n) is 16.5. The molecule has 0 aliphatic carbocycles. The molecule has 6 nitrogen and oxygen atoms in total. The first-order valence-corrected chi connectivity index (χ1v) is 9.77. The van der Waals surface area contributed by atoms with Crippen LogP contribution < -0.4 is 15.5 Å². The van der Waals surface area contributed by atoms with E-state index in [2.05, 4.69) is 61.7 Å². The molecule has 29 heavy (non-hydrogen) atoms. The Labute approximate surface area is 170 Å². The van der Waals surface area contributed by atoms with Crippen molar-refractivity contribution in [3.63, 3.8) is 0 Å². The second-order valence-electron chi connectivity index (χ2n) is 7.20. The Bertz CT molecular complexity index is 938. The molecular formula is C22H25FN6. The van der Waals surface area contributed by atoms with Crippen LogP contribution in [0.3, 0.4) is 0 Å². The van der Waals surface area contributed by atoms with Crippen molar-refractivity contribution in [3.8, 4) is 0 Å². The van der Waals surface area contributed by atoms with Crippen molar-refractivity contribution < 1.29 is 4.39 Å². The third-order valence-electron chi connectivity index (χ3n) is 5.09. The van der Waals surface area contributed by atoms with Gasteiger partial charge in [0, 0.05) is 55.7 Å². The summed E-state index contributed by atoms with van der Waals surface area (Å²) in [6, 6.07) is 16.9. The smallest absolute Gasteiger partial charge is 0.135 e. The third kappa shape index (κ3) is 5.00. The molecule has 1 fully saturated rings. The minimum absolute atomic E-state index is 0.229. The molecule has 0 unspecified atom stereocenters. The van der Waals surface area contributed by atoms with Gasteiger partial charge in [0.05, 0.1) is 0 Å². The third-order valence-corrected chi connectivity index (χ3v) is 5.09. The van der Waals surface area contributed by atoms with E-state index in [9.17, 15) is 4.39 Å². The zero-order chi connectivity index (χ0) is 20.1. The molecule has 7 heteroatoms. The number of halogens is 1. The number of piperazine rings is 1. The van der Waals surface area contributed by atoms with E-state index >= 15 is 0 Å². The van der Waals surface area contributed by atoms with Crippen LogP contribution in [0.4, 0.5) is 27.4 Å². The molecule has 4 rings (SSSR count). The molecule has 2 aromatic carbocycles. The second-order valence-corrected chi connectivity index (χ2v) is 7.20. The molecule has 0 amide bonds. The summed E-state index contributed by atoms with van der Waals surface area (Å²) in [6.45, 7) is 4.63. The van der Waals surface area contributed by atoms with Gasteiger partial charge in [-0.05, 0) is 37.4 Å². The van der Waals surface area contributed by atoms with Crippen LogP contribution in [-0.2, 0) is 6.54 Å². The van der Waals surface area contributed by atoms with Crippen molar-refractivity contribution in [2.24, 2.45) is 0 Å². The molecule has 2 heterocycles. The topological polar surface area (TPSA) is 56.3 Å². The van der Waals surface area contributed by atoms with Crippen molar-refractivity contribution in [3.05, 3.63) is 72.3 Å². The fourth-order valence-corrected chi connectivity index (χ4v) is 3.32. The Morgan fingerprint density at radius 2 is 1.66 bits per heavy atom. The molecule has 3 aromatic rings. The molecule has 2 N–H and O–H groups in total. The van der Waals surface area contributed by atoms with Crippen LogP contribution in [-0.4, -0.2) is 48.1 Å². The van der Waals surface area contributed by atoms with E-state index in [1.165, 1.54) is 18.1 Å². The van der Waals surface area contributed by atoms with Gasteiger partial charge in [0.1, 0.15) is 23.8 Å². The lowest BCUT2D eigenvalue weighted by Gasteiger charge is -2.34. The first-order valence-electron chi connectivity index (χ1n) is 9.77. The fourth-order valence-electron chi connectivity index (χ4n) is 3.32. The Morgan fingerprint density at radius 1 is 0.931 bits per heavy atom. The molecule has 1 aromatic heterocycles. The van der Waals surface area contributed by atoms with Crippen molar-refractivity contribution in [1.29, 1.82) is 0 Å². The lowest BCUT2D eigenvalue weighted by Crippen LogP contribution is -2.44. The van der Waals surface area contributed by atoms with E-state index in [1.807, 2.05) is 12.1 Å². The zero-order valence-corrected chi connectivity index (χ0v) is 16.5. The Kier molecular flexibility index (Phi) is 5.86. The highest BCUT2D eigenvalue weighted by molar-refractivity contribution is 5.62. The Morgan fingerprint density at radius 3 is 2.41 bits per heavy atom. The number of rotatable bonds is 6. The SMILES string of the molecule is CN1CCN(c2ccc(Nc3cc(NCc4ccccc4F)ncn3)cc2)CC1. The van der Waals surface area contributed by atoms with Crippen LogP contribution in [0.25, 0.3) is 0 Å². The van der Waals surface area contributed by atoms with Gasteiger partial charge in [-0.25, -0.2) is 14.4 Å². The lowest BCUT2D eigenvalue weighted by atomic mass is 10.2. The number of nitrogens with zero attached hydrogens (tertiary/aromatic N) is 4. The van der Waals surface area contributed by atoms with Gasteiger partial charge in [-0.15, -0.1) is 0 Å². The van der Waals surface area contributed by atoms with Crippen molar-refractivity contribution in [2.75, 3.05) is 48.8 Å². The van der Waals surface area contributed by atoms with E-state index in [0.29, 0.717) is 23.7 Å². The number of likely N-dealkylation sites (N-methyl/N-ethyl adjacent to an activating group) is 1. The molecule has 0 spiro atoms. The molecule has 0 saturated carbocycles. The van der Waals surface area contributed by atoms with Crippen molar-refractivity contribution in [1.82, 2.24) is 14.9 Å². The summed E-state index contributed by atoms with van der Waals surface area (Å²) in [7, 11) is 2.16. The number of nitrogens with one attached hydrogen (secondary N) is 2. The van der Waals surface area contributed by atoms with E-state index in [0.717, 1.165) is 31.9 Å². The number of hydrogen-bond donors (Lipinski definition) is 2. The number of anilines is 4. The van der Waals surface area contributed by atoms with Crippen LogP contribution in [0.2, 0.25) is 0 Å².